The summed E-state index contributed by atoms with van der Waals surface area (Å²) in [5.74, 6) is -1.11. The molecule has 10 heteroatoms. The summed E-state index contributed by atoms with van der Waals surface area (Å²) in [7, 11) is -2.40. The number of carboxylic acids is 1. The Balaban J connectivity index is 2.67. The maximum absolute atomic E-state index is 12.1. The van der Waals surface area contributed by atoms with Crippen molar-refractivity contribution in [2.75, 3.05) is 26.8 Å². The maximum atomic E-state index is 12.1. The van der Waals surface area contributed by atoms with Gasteiger partial charge in [0.2, 0.25) is 10.0 Å². The number of carbonyl (C=O) groups is 1. The zero-order valence-corrected chi connectivity index (χ0v) is 12.9. The van der Waals surface area contributed by atoms with Crippen LogP contribution in [0.25, 0.3) is 0 Å². The first-order chi connectivity index (χ1) is 8.75. The number of ether oxygens (including phenoxy) is 1. The van der Waals surface area contributed by atoms with E-state index in [1.165, 1.54) is 13.1 Å². The van der Waals surface area contributed by atoms with Crippen molar-refractivity contribution in [3.05, 3.63) is 14.7 Å². The molecule has 0 saturated heterocycles. The third-order valence-electron chi connectivity index (χ3n) is 2.09. The molecule has 6 nitrogen and oxygen atoms in total. The summed E-state index contributed by atoms with van der Waals surface area (Å²) in [6, 6.07) is 1.28. The number of hydrogen-bond donors (Lipinski definition) is 1. The van der Waals surface area contributed by atoms with Crippen LogP contribution >= 0.6 is 34.5 Å². The SMILES string of the molecule is CN(CCOCC(=O)O)S(=O)(=O)c1cc(Cl)sc1Cl. The van der Waals surface area contributed by atoms with Crippen molar-refractivity contribution in [1.82, 2.24) is 4.31 Å². The summed E-state index contributed by atoms with van der Waals surface area (Å²) >= 11 is 12.5. The number of likely N-dealkylation sites (N-methyl/N-ethyl adjacent to an activating group) is 1. The van der Waals surface area contributed by atoms with Crippen LogP contribution in [-0.4, -0.2) is 50.6 Å². The number of rotatable bonds is 7. The van der Waals surface area contributed by atoms with E-state index in [1.807, 2.05) is 0 Å². The number of hydrogen-bond acceptors (Lipinski definition) is 5. The van der Waals surface area contributed by atoms with Gasteiger partial charge in [0.05, 0.1) is 10.9 Å². The van der Waals surface area contributed by atoms with Gasteiger partial charge in [-0.3, -0.25) is 0 Å². The Kier molecular flexibility index (Phi) is 6.03. The van der Waals surface area contributed by atoms with E-state index in [-0.39, 0.29) is 26.7 Å². The van der Waals surface area contributed by atoms with Crippen LogP contribution in [0.15, 0.2) is 11.0 Å². The molecule has 0 amide bonds. The lowest BCUT2D eigenvalue weighted by molar-refractivity contribution is -0.142. The van der Waals surface area contributed by atoms with Crippen molar-refractivity contribution in [1.29, 1.82) is 0 Å². The van der Waals surface area contributed by atoms with Crippen LogP contribution in [0.3, 0.4) is 0 Å². The molecule has 108 valence electrons. The number of halogens is 2. The second kappa shape index (κ2) is 6.87. The van der Waals surface area contributed by atoms with E-state index in [0.29, 0.717) is 0 Å². The molecule has 0 unspecified atom stereocenters. The average Bonchev–Trinajstić information content (AvgIpc) is 2.64. The summed E-state index contributed by atoms with van der Waals surface area (Å²) in [4.78, 5) is 10.2. The topological polar surface area (TPSA) is 83.9 Å². The molecule has 0 spiro atoms. The van der Waals surface area contributed by atoms with Gasteiger partial charge in [-0.1, -0.05) is 23.2 Å². The number of aliphatic carboxylic acids is 1. The molecule has 1 N–H and O–H groups in total. The highest BCUT2D eigenvalue weighted by atomic mass is 35.5. The molecule has 0 radical (unpaired) electrons. The fourth-order valence-corrected chi connectivity index (χ4v) is 4.41. The number of nitrogens with zero attached hydrogens (tertiary/aromatic N) is 1. The Morgan fingerprint density at radius 3 is 2.63 bits per heavy atom. The predicted molar refractivity (Wildman–Crippen MR) is 72.6 cm³/mol. The van der Waals surface area contributed by atoms with Crippen molar-refractivity contribution < 1.29 is 23.1 Å². The van der Waals surface area contributed by atoms with E-state index in [2.05, 4.69) is 0 Å². The molecule has 0 aliphatic carbocycles. The van der Waals surface area contributed by atoms with Gasteiger partial charge in [0, 0.05) is 13.6 Å². The lowest BCUT2D eigenvalue weighted by atomic mass is 10.6. The molecular formula is C9H11Cl2NO5S2. The van der Waals surface area contributed by atoms with Crippen LogP contribution in [0.4, 0.5) is 0 Å². The van der Waals surface area contributed by atoms with Crippen LogP contribution < -0.4 is 0 Å². The molecule has 1 aromatic rings. The Morgan fingerprint density at radius 1 is 1.53 bits per heavy atom. The first kappa shape index (κ1) is 16.7. The monoisotopic (exact) mass is 347 g/mol. The van der Waals surface area contributed by atoms with Crippen LogP contribution in [0.2, 0.25) is 8.67 Å². The molecule has 0 bridgehead atoms. The molecule has 1 aromatic heterocycles. The molecule has 0 aliphatic heterocycles. The van der Waals surface area contributed by atoms with Gasteiger partial charge in [-0.15, -0.1) is 11.3 Å². The minimum Gasteiger partial charge on any atom is -0.480 e. The second-order valence-corrected chi connectivity index (χ2v) is 7.76. The third kappa shape index (κ3) is 4.59. The summed E-state index contributed by atoms with van der Waals surface area (Å²) in [6.45, 7) is -0.490. The lowest BCUT2D eigenvalue weighted by Gasteiger charge is -2.16. The zero-order chi connectivity index (χ0) is 14.6. The molecule has 0 fully saturated rings. The van der Waals surface area contributed by atoms with Crippen molar-refractivity contribution in [2.45, 2.75) is 4.90 Å². The molecule has 19 heavy (non-hydrogen) atoms. The van der Waals surface area contributed by atoms with Crippen LogP contribution in [0.5, 0.6) is 0 Å². The molecular weight excluding hydrogens is 337 g/mol. The number of thiophene rings is 1. The van der Waals surface area contributed by atoms with Gasteiger partial charge in [-0.2, -0.15) is 4.31 Å². The van der Waals surface area contributed by atoms with Crippen LogP contribution in [0.1, 0.15) is 0 Å². The summed E-state index contributed by atoms with van der Waals surface area (Å²) < 4.78 is 30.4. The van der Waals surface area contributed by atoms with Gasteiger partial charge in [0.15, 0.2) is 0 Å². The van der Waals surface area contributed by atoms with Gasteiger partial charge in [0.1, 0.15) is 15.8 Å². The van der Waals surface area contributed by atoms with Gasteiger partial charge < -0.3 is 9.84 Å². The standard InChI is InChI=1S/C9H11Cl2NO5S2/c1-12(2-3-17-5-8(13)14)19(15,16)6-4-7(10)18-9(6)11/h4H,2-3,5H2,1H3,(H,13,14). The highest BCUT2D eigenvalue weighted by molar-refractivity contribution is 7.89. The average molecular weight is 348 g/mol. The second-order valence-electron chi connectivity index (χ2n) is 3.46. The third-order valence-corrected chi connectivity index (χ3v) is 5.70. The lowest BCUT2D eigenvalue weighted by Crippen LogP contribution is -2.30. The van der Waals surface area contributed by atoms with Crippen molar-refractivity contribution in [2.24, 2.45) is 0 Å². The summed E-state index contributed by atoms with van der Waals surface area (Å²) in [5, 5.41) is 8.37. The van der Waals surface area contributed by atoms with Gasteiger partial charge in [-0.25, -0.2) is 13.2 Å². The van der Waals surface area contributed by atoms with E-state index < -0.39 is 22.6 Å². The quantitative estimate of drug-likeness (QED) is 0.760. The first-order valence-corrected chi connectivity index (χ1v) is 7.97. The van der Waals surface area contributed by atoms with E-state index in [9.17, 15) is 13.2 Å². The van der Waals surface area contributed by atoms with Crippen LogP contribution in [0, 0.1) is 0 Å². The van der Waals surface area contributed by atoms with Crippen molar-refractivity contribution >= 4 is 50.5 Å². The molecule has 1 rings (SSSR count). The van der Waals surface area contributed by atoms with Crippen LogP contribution in [-0.2, 0) is 19.6 Å². The fourth-order valence-electron chi connectivity index (χ4n) is 1.14. The predicted octanol–water partition coefficient (Wildman–Crippen LogP) is 1.78. The molecule has 1 heterocycles. The smallest absolute Gasteiger partial charge is 0.329 e. The van der Waals surface area contributed by atoms with Gasteiger partial charge in [-0.05, 0) is 6.07 Å². The highest BCUT2D eigenvalue weighted by Gasteiger charge is 2.25. The summed E-state index contributed by atoms with van der Waals surface area (Å²) in [5.41, 5.74) is 0. The Bertz CT molecular complexity index is 557. The summed E-state index contributed by atoms with van der Waals surface area (Å²) in [6.07, 6.45) is 0. The zero-order valence-electron chi connectivity index (χ0n) is 9.80. The number of sulfonamides is 1. The molecule has 0 saturated carbocycles. The number of carboxylic acid groups (broad SMARTS) is 1. The minimum absolute atomic E-state index is 0.0133. The van der Waals surface area contributed by atoms with Crippen molar-refractivity contribution in [3.8, 4) is 0 Å². The Morgan fingerprint density at radius 2 is 2.16 bits per heavy atom. The van der Waals surface area contributed by atoms with E-state index in [4.69, 9.17) is 33.0 Å². The first-order valence-electron chi connectivity index (χ1n) is 4.96. The van der Waals surface area contributed by atoms with Crippen molar-refractivity contribution in [3.63, 3.8) is 0 Å². The molecule has 0 atom stereocenters. The maximum Gasteiger partial charge on any atom is 0.329 e. The van der Waals surface area contributed by atoms with Gasteiger partial charge >= 0.3 is 5.97 Å². The minimum atomic E-state index is -3.75. The van der Waals surface area contributed by atoms with E-state index in [1.54, 1.807) is 0 Å². The highest BCUT2D eigenvalue weighted by Crippen LogP contribution is 2.35. The Labute approximate surface area is 124 Å². The van der Waals surface area contributed by atoms with E-state index >= 15 is 0 Å². The van der Waals surface area contributed by atoms with E-state index in [0.717, 1.165) is 15.6 Å². The molecule has 0 aromatic carbocycles. The largest absolute Gasteiger partial charge is 0.480 e. The fraction of sp³-hybridized carbons (Fsp3) is 0.444. The normalized spacial score (nSPS) is 12.0. The van der Waals surface area contributed by atoms with Gasteiger partial charge in [0.25, 0.3) is 0 Å². The molecule has 0 aliphatic rings. The Hall–Kier alpha value is -0.380.